The van der Waals surface area contributed by atoms with Crippen LogP contribution >= 0.6 is 0 Å². The van der Waals surface area contributed by atoms with Crippen LogP contribution in [0.2, 0.25) is 0 Å². The quantitative estimate of drug-likeness (QED) is 0.849. The molecule has 0 aliphatic carbocycles. The van der Waals surface area contributed by atoms with Crippen LogP contribution in [0.5, 0.6) is 0 Å². The van der Waals surface area contributed by atoms with Crippen LogP contribution < -0.4 is 0 Å². The molecular formula is C16H11NO2. The van der Waals surface area contributed by atoms with Crippen LogP contribution in [0.4, 0.5) is 0 Å². The number of nitriles is 1. The second-order valence-corrected chi connectivity index (χ2v) is 3.95. The lowest BCUT2D eigenvalue weighted by molar-refractivity contribution is -0.131. The Hall–Kier alpha value is -2.86. The van der Waals surface area contributed by atoms with Crippen molar-refractivity contribution < 1.29 is 9.90 Å². The van der Waals surface area contributed by atoms with Gasteiger partial charge in [0, 0.05) is 6.08 Å². The molecule has 2 aromatic rings. The van der Waals surface area contributed by atoms with Crippen molar-refractivity contribution in [2.75, 3.05) is 0 Å². The summed E-state index contributed by atoms with van der Waals surface area (Å²) in [5.74, 6) is -1.03. The summed E-state index contributed by atoms with van der Waals surface area (Å²) >= 11 is 0. The van der Waals surface area contributed by atoms with E-state index in [0.29, 0.717) is 11.1 Å². The molecule has 0 radical (unpaired) electrons. The number of carbonyl (C=O) groups is 1. The van der Waals surface area contributed by atoms with Gasteiger partial charge in [-0.15, -0.1) is 0 Å². The number of aliphatic carboxylic acids is 1. The number of hydrogen-bond acceptors (Lipinski definition) is 2. The smallest absolute Gasteiger partial charge is 0.328 e. The molecule has 0 amide bonds. The zero-order chi connectivity index (χ0) is 13.7. The summed E-state index contributed by atoms with van der Waals surface area (Å²) in [6.07, 6.45) is 2.45. The molecule has 0 heterocycles. The molecule has 0 spiro atoms. The van der Waals surface area contributed by atoms with Crippen molar-refractivity contribution in [1.82, 2.24) is 0 Å². The van der Waals surface area contributed by atoms with Crippen molar-refractivity contribution >= 4 is 12.0 Å². The Morgan fingerprint density at radius 3 is 2.47 bits per heavy atom. The summed E-state index contributed by atoms with van der Waals surface area (Å²) in [5, 5.41) is 17.7. The van der Waals surface area contributed by atoms with Crippen molar-refractivity contribution in [2.45, 2.75) is 0 Å². The molecule has 3 nitrogen and oxygen atoms in total. The van der Waals surface area contributed by atoms with E-state index in [2.05, 4.69) is 6.07 Å². The van der Waals surface area contributed by atoms with E-state index in [4.69, 9.17) is 10.4 Å². The molecule has 0 fully saturated rings. The molecule has 0 aliphatic rings. The van der Waals surface area contributed by atoms with Crippen molar-refractivity contribution in [3.05, 3.63) is 65.7 Å². The van der Waals surface area contributed by atoms with Gasteiger partial charge in [0.05, 0.1) is 11.6 Å². The van der Waals surface area contributed by atoms with Gasteiger partial charge in [-0.3, -0.25) is 0 Å². The first-order valence-corrected chi connectivity index (χ1v) is 5.71. The lowest BCUT2D eigenvalue weighted by atomic mass is 9.99. The van der Waals surface area contributed by atoms with Gasteiger partial charge in [0.1, 0.15) is 0 Å². The van der Waals surface area contributed by atoms with Gasteiger partial charge in [-0.05, 0) is 28.8 Å². The summed E-state index contributed by atoms with van der Waals surface area (Å²) in [6, 6.07) is 17.2. The largest absolute Gasteiger partial charge is 0.478 e. The van der Waals surface area contributed by atoms with E-state index >= 15 is 0 Å². The SMILES string of the molecule is N#Cc1cc(-c2ccccc2)ccc1/C=C/C(=O)O. The van der Waals surface area contributed by atoms with Crippen molar-refractivity contribution in [2.24, 2.45) is 0 Å². The number of carboxylic acids is 1. The molecule has 0 saturated heterocycles. The Kier molecular flexibility index (Phi) is 3.75. The van der Waals surface area contributed by atoms with Crippen LogP contribution in [-0.2, 0) is 4.79 Å². The van der Waals surface area contributed by atoms with Gasteiger partial charge in [-0.2, -0.15) is 5.26 Å². The first-order valence-electron chi connectivity index (χ1n) is 5.71. The van der Waals surface area contributed by atoms with Gasteiger partial charge in [0.25, 0.3) is 0 Å². The molecule has 3 heteroatoms. The number of rotatable bonds is 3. The van der Waals surface area contributed by atoms with E-state index in [1.165, 1.54) is 6.08 Å². The molecule has 0 atom stereocenters. The maximum absolute atomic E-state index is 10.5. The Bertz CT molecular complexity index is 667. The lowest BCUT2D eigenvalue weighted by Crippen LogP contribution is -1.88. The summed E-state index contributed by atoms with van der Waals surface area (Å²) < 4.78 is 0. The van der Waals surface area contributed by atoms with Crippen LogP contribution in [0.1, 0.15) is 11.1 Å². The Labute approximate surface area is 111 Å². The van der Waals surface area contributed by atoms with Gasteiger partial charge in [0.2, 0.25) is 0 Å². The van der Waals surface area contributed by atoms with Gasteiger partial charge in [-0.25, -0.2) is 4.79 Å². The second-order valence-electron chi connectivity index (χ2n) is 3.95. The molecule has 1 N–H and O–H groups in total. The number of hydrogen-bond donors (Lipinski definition) is 1. The number of benzene rings is 2. The van der Waals surface area contributed by atoms with Crippen LogP contribution in [0.25, 0.3) is 17.2 Å². The van der Waals surface area contributed by atoms with Gasteiger partial charge in [-0.1, -0.05) is 42.5 Å². The van der Waals surface area contributed by atoms with Crippen LogP contribution in [0, 0.1) is 11.3 Å². The fourth-order valence-electron chi connectivity index (χ4n) is 1.77. The highest BCUT2D eigenvalue weighted by Gasteiger charge is 2.03. The van der Waals surface area contributed by atoms with E-state index < -0.39 is 5.97 Å². The molecule has 0 saturated carbocycles. The third kappa shape index (κ3) is 3.08. The minimum absolute atomic E-state index is 0.457. The van der Waals surface area contributed by atoms with Crippen molar-refractivity contribution in [1.29, 1.82) is 5.26 Å². The summed E-state index contributed by atoms with van der Waals surface area (Å²) in [6.45, 7) is 0. The zero-order valence-electron chi connectivity index (χ0n) is 10.1. The molecule has 0 aromatic heterocycles. The van der Waals surface area contributed by atoms with Crippen LogP contribution in [0.3, 0.4) is 0 Å². The lowest BCUT2D eigenvalue weighted by Gasteiger charge is -2.04. The molecule has 0 bridgehead atoms. The monoisotopic (exact) mass is 249 g/mol. The average molecular weight is 249 g/mol. The normalized spacial score (nSPS) is 10.3. The topological polar surface area (TPSA) is 61.1 Å². The number of carboxylic acid groups (broad SMARTS) is 1. The van der Waals surface area contributed by atoms with Crippen molar-refractivity contribution in [3.63, 3.8) is 0 Å². The first kappa shape index (κ1) is 12.6. The third-order valence-corrected chi connectivity index (χ3v) is 2.69. The highest BCUT2D eigenvalue weighted by Crippen LogP contribution is 2.22. The maximum atomic E-state index is 10.5. The van der Waals surface area contributed by atoms with Gasteiger partial charge >= 0.3 is 5.97 Å². The molecule has 92 valence electrons. The Morgan fingerprint density at radius 2 is 1.84 bits per heavy atom. The maximum Gasteiger partial charge on any atom is 0.328 e. The van der Waals surface area contributed by atoms with Gasteiger partial charge < -0.3 is 5.11 Å². The van der Waals surface area contributed by atoms with Crippen LogP contribution in [0.15, 0.2) is 54.6 Å². The Morgan fingerprint density at radius 1 is 1.11 bits per heavy atom. The summed E-state index contributed by atoms with van der Waals surface area (Å²) in [7, 11) is 0. The molecule has 19 heavy (non-hydrogen) atoms. The first-order chi connectivity index (χ1) is 9.20. The minimum atomic E-state index is -1.03. The number of nitrogens with zero attached hydrogens (tertiary/aromatic N) is 1. The molecule has 2 rings (SSSR count). The Balaban J connectivity index is 2.43. The fourth-order valence-corrected chi connectivity index (χ4v) is 1.77. The van der Waals surface area contributed by atoms with E-state index in [1.807, 2.05) is 36.4 Å². The second kappa shape index (κ2) is 5.65. The molecular weight excluding hydrogens is 238 g/mol. The predicted molar refractivity (Wildman–Crippen MR) is 73.3 cm³/mol. The standard InChI is InChI=1S/C16H11NO2/c17-11-15-10-14(12-4-2-1-3-5-12)7-6-13(15)8-9-16(18)19/h1-10H,(H,18,19)/b9-8+. The highest BCUT2D eigenvalue weighted by molar-refractivity contribution is 5.86. The molecule has 0 unspecified atom stereocenters. The van der Waals surface area contributed by atoms with E-state index in [0.717, 1.165) is 17.2 Å². The highest BCUT2D eigenvalue weighted by atomic mass is 16.4. The van der Waals surface area contributed by atoms with E-state index in [9.17, 15) is 4.79 Å². The fraction of sp³-hybridized carbons (Fsp3) is 0. The van der Waals surface area contributed by atoms with Crippen LogP contribution in [-0.4, -0.2) is 11.1 Å². The summed E-state index contributed by atoms with van der Waals surface area (Å²) in [4.78, 5) is 10.5. The van der Waals surface area contributed by atoms with E-state index in [1.54, 1.807) is 12.1 Å². The van der Waals surface area contributed by atoms with E-state index in [-0.39, 0.29) is 0 Å². The third-order valence-electron chi connectivity index (χ3n) is 2.69. The average Bonchev–Trinajstić information content (AvgIpc) is 2.45. The summed E-state index contributed by atoms with van der Waals surface area (Å²) in [5.41, 5.74) is 3.01. The zero-order valence-corrected chi connectivity index (χ0v) is 10.1. The van der Waals surface area contributed by atoms with Crippen molar-refractivity contribution in [3.8, 4) is 17.2 Å². The minimum Gasteiger partial charge on any atom is -0.478 e. The molecule has 0 aliphatic heterocycles. The molecule has 2 aromatic carbocycles. The van der Waals surface area contributed by atoms with Gasteiger partial charge in [0.15, 0.2) is 0 Å². The predicted octanol–water partition coefficient (Wildman–Crippen LogP) is 3.32.